The van der Waals surface area contributed by atoms with E-state index in [0.29, 0.717) is 31.5 Å². The Morgan fingerprint density at radius 2 is 1.72 bits per heavy atom. The zero-order valence-corrected chi connectivity index (χ0v) is 18.5. The van der Waals surface area contributed by atoms with Crippen molar-refractivity contribution in [1.82, 2.24) is 30.4 Å². The molecule has 4 aromatic rings. The Kier molecular flexibility index (Phi) is 6.60. The van der Waals surface area contributed by atoms with Crippen molar-refractivity contribution in [3.8, 4) is 11.5 Å². The number of hydrogen-bond acceptors (Lipinski definition) is 5. The maximum Gasteiger partial charge on any atom is 0.226 e. The second kappa shape index (κ2) is 9.91. The molecule has 0 spiro atoms. The number of benzene rings is 2. The molecule has 8 heteroatoms. The van der Waals surface area contributed by atoms with Gasteiger partial charge in [0.1, 0.15) is 12.1 Å². The average Bonchev–Trinajstić information content (AvgIpc) is 3.41. The van der Waals surface area contributed by atoms with Crippen LogP contribution in [0.5, 0.6) is 0 Å². The molecule has 0 bridgehead atoms. The summed E-state index contributed by atoms with van der Waals surface area (Å²) in [5.41, 5.74) is 4.08. The SMILES string of the molecule is Cc1ccc(-c2nc(CNC(=NCc3ccccc3)NCc3nnc(C)n3C)co2)cc1. The fourth-order valence-electron chi connectivity index (χ4n) is 3.09. The predicted octanol–water partition coefficient (Wildman–Crippen LogP) is 3.52. The molecule has 4 rings (SSSR count). The normalized spacial score (nSPS) is 11.5. The third-order valence-corrected chi connectivity index (χ3v) is 5.15. The van der Waals surface area contributed by atoms with Gasteiger partial charge in [0, 0.05) is 12.6 Å². The van der Waals surface area contributed by atoms with Crippen LogP contribution in [-0.4, -0.2) is 25.7 Å². The first-order valence-corrected chi connectivity index (χ1v) is 10.5. The number of rotatable bonds is 7. The molecule has 2 N–H and O–H groups in total. The van der Waals surface area contributed by atoms with Crippen molar-refractivity contribution in [1.29, 1.82) is 0 Å². The van der Waals surface area contributed by atoms with Crippen molar-refractivity contribution in [2.45, 2.75) is 33.5 Å². The smallest absolute Gasteiger partial charge is 0.226 e. The third kappa shape index (κ3) is 5.40. The minimum Gasteiger partial charge on any atom is -0.444 e. The van der Waals surface area contributed by atoms with Gasteiger partial charge in [-0.2, -0.15) is 0 Å². The number of oxazole rings is 1. The van der Waals surface area contributed by atoms with Gasteiger partial charge in [-0.05, 0) is 31.5 Å². The van der Waals surface area contributed by atoms with Gasteiger partial charge in [-0.3, -0.25) is 0 Å². The predicted molar refractivity (Wildman–Crippen MR) is 124 cm³/mol. The Hall–Kier alpha value is -3.94. The van der Waals surface area contributed by atoms with Crippen LogP contribution in [0.2, 0.25) is 0 Å². The Labute approximate surface area is 187 Å². The Balaban J connectivity index is 1.43. The molecule has 32 heavy (non-hydrogen) atoms. The number of guanidine groups is 1. The van der Waals surface area contributed by atoms with E-state index in [1.54, 1.807) is 6.26 Å². The lowest BCUT2D eigenvalue weighted by atomic mass is 10.1. The van der Waals surface area contributed by atoms with E-state index in [0.717, 1.165) is 28.5 Å². The van der Waals surface area contributed by atoms with Crippen LogP contribution in [0, 0.1) is 13.8 Å². The van der Waals surface area contributed by atoms with Crippen LogP contribution in [0.3, 0.4) is 0 Å². The lowest BCUT2D eigenvalue weighted by Crippen LogP contribution is -2.37. The van der Waals surface area contributed by atoms with E-state index in [9.17, 15) is 0 Å². The Bertz CT molecular complexity index is 1180. The van der Waals surface area contributed by atoms with Crippen LogP contribution < -0.4 is 10.6 Å². The van der Waals surface area contributed by atoms with Gasteiger partial charge in [-0.1, -0.05) is 48.0 Å². The van der Waals surface area contributed by atoms with Gasteiger partial charge < -0.3 is 19.6 Å². The molecule has 164 valence electrons. The standard InChI is InChI=1S/C24H27N7O/c1-17-9-11-20(12-10-17)23-28-21(16-32-23)14-26-24(25-13-19-7-5-4-6-8-19)27-15-22-30-29-18(2)31(22)3/h4-12,16H,13-15H2,1-3H3,(H2,25,26,27). The van der Waals surface area contributed by atoms with E-state index in [1.165, 1.54) is 5.56 Å². The molecule has 0 aliphatic carbocycles. The highest BCUT2D eigenvalue weighted by atomic mass is 16.3. The van der Waals surface area contributed by atoms with Gasteiger partial charge in [-0.25, -0.2) is 9.98 Å². The van der Waals surface area contributed by atoms with Crippen LogP contribution in [0.15, 0.2) is 70.3 Å². The first-order chi connectivity index (χ1) is 15.6. The zero-order chi connectivity index (χ0) is 22.3. The summed E-state index contributed by atoms with van der Waals surface area (Å²) in [5, 5.41) is 15.0. The summed E-state index contributed by atoms with van der Waals surface area (Å²) in [7, 11) is 1.95. The third-order valence-electron chi connectivity index (χ3n) is 5.15. The summed E-state index contributed by atoms with van der Waals surface area (Å²) >= 11 is 0. The molecule has 0 amide bonds. The average molecular weight is 430 g/mol. The molecule has 0 saturated heterocycles. The van der Waals surface area contributed by atoms with Crippen molar-refractivity contribution in [3.63, 3.8) is 0 Å². The van der Waals surface area contributed by atoms with Crippen molar-refractivity contribution in [3.05, 3.63) is 89.3 Å². The van der Waals surface area contributed by atoms with Crippen LogP contribution in [0.4, 0.5) is 0 Å². The Morgan fingerprint density at radius 1 is 0.969 bits per heavy atom. The van der Waals surface area contributed by atoms with Gasteiger partial charge >= 0.3 is 0 Å². The van der Waals surface area contributed by atoms with Crippen LogP contribution in [-0.2, 0) is 26.7 Å². The molecule has 0 atom stereocenters. The lowest BCUT2D eigenvalue weighted by molar-refractivity contribution is 0.572. The summed E-state index contributed by atoms with van der Waals surface area (Å²) in [6.45, 7) is 5.52. The summed E-state index contributed by atoms with van der Waals surface area (Å²) in [4.78, 5) is 9.31. The number of aromatic nitrogens is 4. The molecular formula is C24H27N7O. The fourth-order valence-corrected chi connectivity index (χ4v) is 3.09. The topological polar surface area (TPSA) is 93.2 Å². The largest absolute Gasteiger partial charge is 0.444 e. The van der Waals surface area contributed by atoms with Crippen LogP contribution in [0.25, 0.3) is 11.5 Å². The van der Waals surface area contributed by atoms with Crippen molar-refractivity contribution in [2.75, 3.05) is 0 Å². The number of nitrogens with zero attached hydrogens (tertiary/aromatic N) is 5. The van der Waals surface area contributed by atoms with Gasteiger partial charge in [0.25, 0.3) is 0 Å². The Morgan fingerprint density at radius 3 is 2.44 bits per heavy atom. The van der Waals surface area contributed by atoms with Crippen molar-refractivity contribution >= 4 is 5.96 Å². The first kappa shape index (κ1) is 21.3. The zero-order valence-electron chi connectivity index (χ0n) is 18.5. The first-order valence-electron chi connectivity index (χ1n) is 10.5. The number of aryl methyl sites for hydroxylation is 2. The van der Waals surface area contributed by atoms with E-state index in [1.807, 2.05) is 61.0 Å². The monoisotopic (exact) mass is 429 g/mol. The number of hydrogen-bond donors (Lipinski definition) is 2. The van der Waals surface area contributed by atoms with E-state index in [-0.39, 0.29) is 0 Å². The fraction of sp³-hybridized carbons (Fsp3) is 0.250. The van der Waals surface area contributed by atoms with E-state index in [4.69, 9.17) is 9.41 Å². The highest BCUT2D eigenvalue weighted by Crippen LogP contribution is 2.19. The molecule has 0 saturated carbocycles. The van der Waals surface area contributed by atoms with Gasteiger partial charge in [0.05, 0.1) is 25.3 Å². The summed E-state index contributed by atoms with van der Waals surface area (Å²) in [5.74, 6) is 2.96. The van der Waals surface area contributed by atoms with Crippen molar-refractivity contribution < 1.29 is 4.42 Å². The highest BCUT2D eigenvalue weighted by Gasteiger charge is 2.09. The molecule has 0 unspecified atom stereocenters. The quantitative estimate of drug-likeness (QED) is 0.345. The lowest BCUT2D eigenvalue weighted by Gasteiger charge is -2.11. The molecule has 0 aliphatic heterocycles. The van der Waals surface area contributed by atoms with E-state index >= 15 is 0 Å². The second-order valence-electron chi connectivity index (χ2n) is 7.59. The minimum atomic E-state index is 0.480. The minimum absolute atomic E-state index is 0.480. The molecule has 8 nitrogen and oxygen atoms in total. The number of nitrogens with one attached hydrogen (secondary N) is 2. The van der Waals surface area contributed by atoms with Crippen molar-refractivity contribution in [2.24, 2.45) is 12.0 Å². The number of aliphatic imine (C=N–C) groups is 1. The van der Waals surface area contributed by atoms with E-state index in [2.05, 4.69) is 44.9 Å². The summed E-state index contributed by atoms with van der Waals surface area (Å²) < 4.78 is 7.62. The maximum atomic E-state index is 5.67. The summed E-state index contributed by atoms with van der Waals surface area (Å²) in [6, 6.07) is 18.2. The molecule has 2 aromatic carbocycles. The molecule has 0 aliphatic rings. The van der Waals surface area contributed by atoms with Crippen LogP contribution in [0.1, 0.15) is 28.5 Å². The van der Waals surface area contributed by atoms with Crippen LogP contribution >= 0.6 is 0 Å². The molecule has 2 heterocycles. The molecular weight excluding hydrogens is 402 g/mol. The maximum absolute atomic E-state index is 5.67. The van der Waals surface area contributed by atoms with Gasteiger partial charge in [-0.15, -0.1) is 10.2 Å². The second-order valence-corrected chi connectivity index (χ2v) is 7.59. The summed E-state index contributed by atoms with van der Waals surface area (Å²) in [6.07, 6.45) is 1.67. The molecule has 0 radical (unpaired) electrons. The molecule has 2 aromatic heterocycles. The molecule has 0 fully saturated rings. The van der Waals surface area contributed by atoms with Gasteiger partial charge in [0.15, 0.2) is 11.8 Å². The van der Waals surface area contributed by atoms with E-state index < -0.39 is 0 Å². The highest BCUT2D eigenvalue weighted by molar-refractivity contribution is 5.79. The van der Waals surface area contributed by atoms with Gasteiger partial charge in [0.2, 0.25) is 5.89 Å².